The molecule has 0 radical (unpaired) electrons. The number of allylic oxidation sites excluding steroid dienone is 2. The van der Waals surface area contributed by atoms with E-state index in [1.54, 1.807) is 36.4 Å². The van der Waals surface area contributed by atoms with Gasteiger partial charge in [0.2, 0.25) is 0 Å². The summed E-state index contributed by atoms with van der Waals surface area (Å²) in [7, 11) is 0. The molecule has 0 aliphatic heterocycles. The highest BCUT2D eigenvalue weighted by molar-refractivity contribution is 6.08. The van der Waals surface area contributed by atoms with Gasteiger partial charge in [0.1, 0.15) is 24.1 Å². The van der Waals surface area contributed by atoms with Crippen molar-refractivity contribution in [2.45, 2.75) is 26.2 Å². The topological polar surface area (TPSA) is 65.0 Å². The summed E-state index contributed by atoms with van der Waals surface area (Å²) in [5.74, 6) is -0.829. The number of carbonyl (C=O) groups is 2. The second-order valence-electron chi connectivity index (χ2n) is 5.32. The minimum atomic E-state index is -0.666. The van der Waals surface area contributed by atoms with Crippen LogP contribution in [0.1, 0.15) is 36.5 Å². The molecule has 2 rings (SSSR count). The van der Waals surface area contributed by atoms with E-state index in [4.69, 9.17) is 9.57 Å². The fourth-order valence-electron chi connectivity index (χ4n) is 2.46. The SMILES string of the molecule is C=CCO/N=C(/CC)C1C(=O)CCC=C1OC(=O)c1ccccc1. The van der Waals surface area contributed by atoms with Gasteiger partial charge in [-0.25, -0.2) is 4.79 Å². The van der Waals surface area contributed by atoms with Crippen LogP contribution in [0.25, 0.3) is 0 Å². The van der Waals surface area contributed by atoms with Crippen molar-refractivity contribution in [2.75, 3.05) is 6.61 Å². The third-order valence-corrected chi connectivity index (χ3v) is 3.63. The van der Waals surface area contributed by atoms with E-state index in [2.05, 4.69) is 11.7 Å². The van der Waals surface area contributed by atoms with Gasteiger partial charge >= 0.3 is 5.97 Å². The molecule has 126 valence electrons. The van der Waals surface area contributed by atoms with E-state index in [9.17, 15) is 9.59 Å². The molecule has 0 amide bonds. The normalized spacial score (nSPS) is 17.9. The second-order valence-corrected chi connectivity index (χ2v) is 5.32. The summed E-state index contributed by atoms with van der Waals surface area (Å²) in [6.45, 7) is 5.70. The van der Waals surface area contributed by atoms with Crippen molar-refractivity contribution in [3.63, 3.8) is 0 Å². The molecule has 5 nitrogen and oxygen atoms in total. The molecule has 1 aromatic carbocycles. The third kappa shape index (κ3) is 4.41. The zero-order valence-electron chi connectivity index (χ0n) is 13.7. The molecule has 5 heteroatoms. The van der Waals surface area contributed by atoms with Crippen LogP contribution >= 0.6 is 0 Å². The zero-order valence-corrected chi connectivity index (χ0v) is 13.7. The van der Waals surface area contributed by atoms with E-state index in [1.807, 2.05) is 13.0 Å². The van der Waals surface area contributed by atoms with Crippen molar-refractivity contribution >= 4 is 17.5 Å². The Labute approximate surface area is 141 Å². The standard InChI is InChI=1S/C19H21NO4/c1-3-13-23-20-15(4-2)18-16(21)11-8-12-17(18)24-19(22)14-9-6-5-7-10-14/h3,5-7,9-10,12,18H,1,4,8,11,13H2,2H3/b20-15-. The minimum absolute atomic E-state index is 0.0174. The molecule has 0 saturated heterocycles. The maximum atomic E-state index is 12.4. The number of hydrogen-bond acceptors (Lipinski definition) is 5. The predicted octanol–water partition coefficient (Wildman–Crippen LogP) is 3.68. The van der Waals surface area contributed by atoms with Gasteiger partial charge in [-0.15, -0.1) is 0 Å². The summed E-state index contributed by atoms with van der Waals surface area (Å²) < 4.78 is 5.49. The van der Waals surface area contributed by atoms with Crippen LogP contribution in [0, 0.1) is 5.92 Å². The molecule has 1 atom stereocenters. The van der Waals surface area contributed by atoms with Crippen molar-refractivity contribution in [1.82, 2.24) is 0 Å². The molecule has 0 heterocycles. The second kappa shape index (κ2) is 8.82. The molecule has 0 aromatic heterocycles. The molecular weight excluding hydrogens is 306 g/mol. The summed E-state index contributed by atoms with van der Waals surface area (Å²) in [5, 5.41) is 4.03. The first kappa shape index (κ1) is 17.7. The quantitative estimate of drug-likeness (QED) is 0.252. The van der Waals surface area contributed by atoms with Gasteiger partial charge in [-0.05, 0) is 31.1 Å². The average Bonchev–Trinajstić information content (AvgIpc) is 2.61. The van der Waals surface area contributed by atoms with E-state index < -0.39 is 11.9 Å². The third-order valence-electron chi connectivity index (χ3n) is 3.63. The number of Topliss-reactive ketones (excluding diaryl/α,β-unsaturated/α-hetero) is 1. The number of oxime groups is 1. The molecule has 1 aromatic rings. The summed E-state index contributed by atoms with van der Waals surface area (Å²) in [5.41, 5.74) is 0.988. The monoisotopic (exact) mass is 327 g/mol. The van der Waals surface area contributed by atoms with Crippen LogP contribution in [0.4, 0.5) is 0 Å². The van der Waals surface area contributed by atoms with Crippen LogP contribution in [0.5, 0.6) is 0 Å². The molecule has 0 N–H and O–H groups in total. The van der Waals surface area contributed by atoms with E-state index in [0.717, 1.165) is 0 Å². The fraction of sp³-hybridized carbons (Fsp3) is 0.316. The van der Waals surface area contributed by atoms with Crippen molar-refractivity contribution in [2.24, 2.45) is 11.1 Å². The molecule has 1 aliphatic carbocycles. The van der Waals surface area contributed by atoms with Gasteiger partial charge in [-0.1, -0.05) is 42.9 Å². The molecule has 0 spiro atoms. The first-order valence-corrected chi connectivity index (χ1v) is 7.97. The van der Waals surface area contributed by atoms with Crippen LogP contribution in [0.2, 0.25) is 0 Å². The van der Waals surface area contributed by atoms with Crippen molar-refractivity contribution in [3.8, 4) is 0 Å². The highest BCUT2D eigenvalue weighted by Gasteiger charge is 2.33. The van der Waals surface area contributed by atoms with Gasteiger partial charge in [0, 0.05) is 6.42 Å². The van der Waals surface area contributed by atoms with E-state index in [0.29, 0.717) is 36.3 Å². The number of benzene rings is 1. The van der Waals surface area contributed by atoms with Crippen LogP contribution < -0.4 is 0 Å². The smallest absolute Gasteiger partial charge is 0.343 e. The summed E-state index contributed by atoms with van der Waals surface area (Å²) in [4.78, 5) is 29.8. The first-order valence-electron chi connectivity index (χ1n) is 7.97. The van der Waals surface area contributed by atoms with E-state index in [1.165, 1.54) is 0 Å². The number of ketones is 1. The number of rotatable bonds is 7. The van der Waals surface area contributed by atoms with Crippen LogP contribution in [-0.4, -0.2) is 24.1 Å². The molecule has 0 saturated carbocycles. The highest BCUT2D eigenvalue weighted by Crippen LogP contribution is 2.26. The predicted molar refractivity (Wildman–Crippen MR) is 91.5 cm³/mol. The average molecular weight is 327 g/mol. The molecule has 1 unspecified atom stereocenters. The lowest BCUT2D eigenvalue weighted by atomic mass is 9.87. The lowest BCUT2D eigenvalue weighted by molar-refractivity contribution is -0.121. The number of hydrogen-bond donors (Lipinski definition) is 0. The van der Waals surface area contributed by atoms with Gasteiger partial charge in [0.25, 0.3) is 0 Å². The van der Waals surface area contributed by atoms with Crippen LogP contribution in [0.3, 0.4) is 0 Å². The summed E-state index contributed by atoms with van der Waals surface area (Å²) >= 11 is 0. The minimum Gasteiger partial charge on any atom is -0.427 e. The Kier molecular flexibility index (Phi) is 6.49. The molecular formula is C19H21NO4. The molecule has 0 fully saturated rings. The largest absolute Gasteiger partial charge is 0.427 e. The number of ether oxygens (including phenoxy) is 1. The van der Waals surface area contributed by atoms with Gasteiger partial charge in [0.15, 0.2) is 0 Å². The van der Waals surface area contributed by atoms with E-state index >= 15 is 0 Å². The van der Waals surface area contributed by atoms with Gasteiger partial charge in [-0.3, -0.25) is 4.79 Å². The Hall–Kier alpha value is -2.69. The lowest BCUT2D eigenvalue weighted by Crippen LogP contribution is -2.30. The number of nitrogens with zero attached hydrogens (tertiary/aromatic N) is 1. The Balaban J connectivity index is 2.20. The fourth-order valence-corrected chi connectivity index (χ4v) is 2.46. The molecule has 1 aliphatic rings. The van der Waals surface area contributed by atoms with Gasteiger partial charge < -0.3 is 9.57 Å². The van der Waals surface area contributed by atoms with Crippen molar-refractivity contribution in [1.29, 1.82) is 0 Å². The Morgan fingerprint density at radius 1 is 1.38 bits per heavy atom. The van der Waals surface area contributed by atoms with Crippen LogP contribution in [0.15, 0.2) is 60.0 Å². The zero-order chi connectivity index (χ0) is 17.4. The summed E-state index contributed by atoms with van der Waals surface area (Å²) in [6, 6.07) is 8.68. The maximum Gasteiger partial charge on any atom is 0.343 e. The highest BCUT2D eigenvalue weighted by atomic mass is 16.6. The Morgan fingerprint density at radius 2 is 2.12 bits per heavy atom. The van der Waals surface area contributed by atoms with Crippen molar-refractivity contribution in [3.05, 3.63) is 60.4 Å². The first-order chi connectivity index (χ1) is 11.7. The lowest BCUT2D eigenvalue weighted by Gasteiger charge is -2.23. The Bertz CT molecular complexity index is 661. The van der Waals surface area contributed by atoms with Gasteiger partial charge in [0.05, 0.1) is 11.3 Å². The maximum absolute atomic E-state index is 12.4. The van der Waals surface area contributed by atoms with Crippen LogP contribution in [-0.2, 0) is 14.4 Å². The van der Waals surface area contributed by atoms with Gasteiger partial charge in [-0.2, -0.15) is 0 Å². The molecule has 0 bridgehead atoms. The Morgan fingerprint density at radius 3 is 2.79 bits per heavy atom. The van der Waals surface area contributed by atoms with E-state index in [-0.39, 0.29) is 12.4 Å². The number of carbonyl (C=O) groups excluding carboxylic acids is 2. The van der Waals surface area contributed by atoms with Crippen molar-refractivity contribution < 1.29 is 19.2 Å². The molecule has 24 heavy (non-hydrogen) atoms. The summed E-state index contributed by atoms with van der Waals surface area (Å²) in [6.07, 6.45) is 4.83. The number of esters is 1.